The number of hydrogen-bond acceptors (Lipinski definition) is 4. The molecule has 0 amide bonds. The number of hydrogen-bond donors (Lipinski definition) is 1. The van der Waals surface area contributed by atoms with Crippen LogP contribution in [0, 0.1) is 0 Å². The number of ether oxygens (including phenoxy) is 1. The summed E-state index contributed by atoms with van der Waals surface area (Å²) in [4.78, 5) is 17.6. The van der Waals surface area contributed by atoms with E-state index >= 15 is 0 Å². The van der Waals surface area contributed by atoms with Crippen LogP contribution in [0.25, 0.3) is 11.0 Å². The molecule has 1 aromatic heterocycles. The number of morpholine rings is 1. The molecule has 0 saturated carbocycles. The van der Waals surface area contributed by atoms with Crippen molar-refractivity contribution in [1.29, 1.82) is 0 Å². The van der Waals surface area contributed by atoms with Crippen LogP contribution in [0.1, 0.15) is 10.4 Å². The van der Waals surface area contributed by atoms with Gasteiger partial charge in [-0.2, -0.15) is 0 Å². The van der Waals surface area contributed by atoms with Gasteiger partial charge in [-0.05, 0) is 18.2 Å². The normalized spacial score (nSPS) is 16.6. The van der Waals surface area contributed by atoms with E-state index in [-0.39, 0.29) is 5.56 Å². The molecule has 3 rings (SSSR count). The van der Waals surface area contributed by atoms with Crippen LogP contribution < -0.4 is 0 Å². The molecular weight excluding hydrogens is 258 g/mol. The molecule has 0 aliphatic carbocycles. The molecule has 0 unspecified atom stereocenters. The zero-order valence-corrected chi connectivity index (χ0v) is 11.2. The third kappa shape index (κ3) is 2.66. The molecule has 1 N–H and O–H groups in total. The lowest BCUT2D eigenvalue weighted by molar-refractivity contribution is 0.0365. The Morgan fingerprint density at radius 2 is 2.10 bits per heavy atom. The second kappa shape index (κ2) is 5.60. The van der Waals surface area contributed by atoms with E-state index in [1.165, 1.54) is 0 Å². The molecule has 20 heavy (non-hydrogen) atoms. The lowest BCUT2D eigenvalue weighted by atomic mass is 10.2. The number of nitrogens with zero attached hydrogens (tertiary/aromatic N) is 3. The number of aromatic carboxylic acids is 1. The van der Waals surface area contributed by atoms with Gasteiger partial charge in [0, 0.05) is 26.2 Å². The summed E-state index contributed by atoms with van der Waals surface area (Å²) in [6.07, 6.45) is 1.77. The van der Waals surface area contributed by atoms with Crippen molar-refractivity contribution in [2.75, 3.05) is 32.8 Å². The Morgan fingerprint density at radius 3 is 2.85 bits per heavy atom. The van der Waals surface area contributed by atoms with Gasteiger partial charge in [-0.25, -0.2) is 9.78 Å². The topological polar surface area (TPSA) is 67.6 Å². The predicted molar refractivity (Wildman–Crippen MR) is 74.0 cm³/mol. The van der Waals surface area contributed by atoms with E-state index in [2.05, 4.69) is 14.5 Å². The average Bonchev–Trinajstić information content (AvgIpc) is 2.88. The van der Waals surface area contributed by atoms with Crippen LogP contribution in [0.15, 0.2) is 24.5 Å². The summed E-state index contributed by atoms with van der Waals surface area (Å²) in [7, 11) is 0. The Hall–Kier alpha value is -1.92. The molecule has 1 aliphatic heterocycles. The van der Waals surface area contributed by atoms with Gasteiger partial charge in [-0.3, -0.25) is 4.90 Å². The number of carboxylic acids is 1. The first-order chi connectivity index (χ1) is 9.74. The molecule has 1 saturated heterocycles. The molecule has 106 valence electrons. The maximum Gasteiger partial charge on any atom is 0.335 e. The van der Waals surface area contributed by atoms with E-state index in [1.54, 1.807) is 18.5 Å². The van der Waals surface area contributed by atoms with Crippen LogP contribution in [0.2, 0.25) is 0 Å². The number of rotatable bonds is 4. The summed E-state index contributed by atoms with van der Waals surface area (Å²) < 4.78 is 7.39. The summed E-state index contributed by atoms with van der Waals surface area (Å²) in [5.74, 6) is -0.922. The molecular formula is C14H17N3O3. The number of carboxylic acid groups (broad SMARTS) is 1. The molecule has 0 atom stereocenters. The summed E-state index contributed by atoms with van der Waals surface area (Å²) in [6, 6.07) is 5.06. The third-order valence-electron chi connectivity index (χ3n) is 3.63. The van der Waals surface area contributed by atoms with E-state index in [4.69, 9.17) is 9.84 Å². The van der Waals surface area contributed by atoms with Gasteiger partial charge in [-0.15, -0.1) is 0 Å². The average molecular weight is 275 g/mol. The van der Waals surface area contributed by atoms with Gasteiger partial charge in [0.15, 0.2) is 0 Å². The Morgan fingerprint density at radius 1 is 1.30 bits per heavy atom. The molecule has 1 fully saturated rings. The van der Waals surface area contributed by atoms with Gasteiger partial charge in [-0.1, -0.05) is 0 Å². The highest BCUT2D eigenvalue weighted by Gasteiger charge is 2.11. The molecule has 0 radical (unpaired) electrons. The summed E-state index contributed by atoms with van der Waals surface area (Å²) >= 11 is 0. The van der Waals surface area contributed by atoms with Crippen LogP contribution in [-0.4, -0.2) is 58.4 Å². The van der Waals surface area contributed by atoms with Crippen LogP contribution >= 0.6 is 0 Å². The van der Waals surface area contributed by atoms with E-state index in [0.29, 0.717) is 0 Å². The van der Waals surface area contributed by atoms with E-state index < -0.39 is 5.97 Å². The van der Waals surface area contributed by atoms with Gasteiger partial charge in [0.05, 0.1) is 36.1 Å². The number of imidazole rings is 1. The number of fused-ring (bicyclic) bond motifs is 1. The highest BCUT2D eigenvalue weighted by Crippen LogP contribution is 2.15. The fraction of sp³-hybridized carbons (Fsp3) is 0.429. The number of carbonyl (C=O) groups is 1. The van der Waals surface area contributed by atoms with E-state index in [0.717, 1.165) is 50.4 Å². The zero-order valence-electron chi connectivity index (χ0n) is 11.2. The standard InChI is InChI=1S/C14H17N3O3/c18-14(19)11-1-2-13-12(9-11)15-10-17(13)4-3-16-5-7-20-8-6-16/h1-2,9-10H,3-8H2,(H,18,19). The van der Waals surface area contributed by atoms with Gasteiger partial charge in [0.2, 0.25) is 0 Å². The molecule has 0 spiro atoms. The first-order valence-corrected chi connectivity index (χ1v) is 6.72. The van der Waals surface area contributed by atoms with Crippen molar-refractivity contribution in [3.63, 3.8) is 0 Å². The van der Waals surface area contributed by atoms with Crippen LogP contribution in [-0.2, 0) is 11.3 Å². The fourth-order valence-electron chi connectivity index (χ4n) is 2.45. The minimum atomic E-state index is -0.922. The van der Waals surface area contributed by atoms with Gasteiger partial charge in [0.1, 0.15) is 0 Å². The Balaban J connectivity index is 1.73. The quantitative estimate of drug-likeness (QED) is 0.904. The monoisotopic (exact) mass is 275 g/mol. The zero-order chi connectivity index (χ0) is 13.9. The third-order valence-corrected chi connectivity index (χ3v) is 3.63. The molecule has 0 bridgehead atoms. The molecule has 2 aromatic rings. The van der Waals surface area contributed by atoms with Crippen molar-refractivity contribution in [3.05, 3.63) is 30.1 Å². The maximum atomic E-state index is 10.9. The smallest absolute Gasteiger partial charge is 0.335 e. The highest BCUT2D eigenvalue weighted by molar-refractivity contribution is 5.92. The van der Waals surface area contributed by atoms with Crippen molar-refractivity contribution in [1.82, 2.24) is 14.5 Å². The first kappa shape index (κ1) is 13.1. The summed E-state index contributed by atoms with van der Waals surface area (Å²) in [6.45, 7) is 5.34. The van der Waals surface area contributed by atoms with Gasteiger partial charge < -0.3 is 14.4 Å². The molecule has 1 aromatic carbocycles. The largest absolute Gasteiger partial charge is 0.478 e. The molecule has 2 heterocycles. The van der Waals surface area contributed by atoms with Crippen molar-refractivity contribution in [2.24, 2.45) is 0 Å². The Labute approximate surface area is 116 Å². The van der Waals surface area contributed by atoms with Crippen LogP contribution in [0.5, 0.6) is 0 Å². The van der Waals surface area contributed by atoms with Crippen LogP contribution in [0.4, 0.5) is 0 Å². The summed E-state index contributed by atoms with van der Waals surface area (Å²) in [5, 5.41) is 8.97. The number of benzene rings is 1. The molecule has 1 aliphatic rings. The fourth-order valence-corrected chi connectivity index (χ4v) is 2.45. The Kier molecular flexibility index (Phi) is 3.66. The second-order valence-electron chi connectivity index (χ2n) is 4.90. The maximum absolute atomic E-state index is 10.9. The molecule has 6 nitrogen and oxygen atoms in total. The number of aromatic nitrogens is 2. The highest BCUT2D eigenvalue weighted by atomic mass is 16.5. The van der Waals surface area contributed by atoms with Crippen LogP contribution in [0.3, 0.4) is 0 Å². The molecule has 6 heteroatoms. The minimum Gasteiger partial charge on any atom is -0.478 e. The SMILES string of the molecule is O=C(O)c1ccc2c(c1)ncn2CCN1CCOCC1. The van der Waals surface area contributed by atoms with Gasteiger partial charge in [0.25, 0.3) is 0 Å². The lowest BCUT2D eigenvalue weighted by Crippen LogP contribution is -2.38. The van der Waals surface area contributed by atoms with Crippen molar-refractivity contribution < 1.29 is 14.6 Å². The first-order valence-electron chi connectivity index (χ1n) is 6.72. The minimum absolute atomic E-state index is 0.274. The van der Waals surface area contributed by atoms with Gasteiger partial charge >= 0.3 is 5.97 Å². The lowest BCUT2D eigenvalue weighted by Gasteiger charge is -2.26. The second-order valence-corrected chi connectivity index (χ2v) is 4.90. The predicted octanol–water partition coefficient (Wildman–Crippen LogP) is 1.07. The van der Waals surface area contributed by atoms with E-state index in [9.17, 15) is 4.79 Å². The van der Waals surface area contributed by atoms with Crippen molar-refractivity contribution in [2.45, 2.75) is 6.54 Å². The van der Waals surface area contributed by atoms with Crippen molar-refractivity contribution in [3.8, 4) is 0 Å². The Bertz CT molecular complexity index is 617. The van der Waals surface area contributed by atoms with E-state index in [1.807, 2.05) is 6.07 Å². The van der Waals surface area contributed by atoms with Crippen molar-refractivity contribution >= 4 is 17.0 Å². The summed E-state index contributed by atoms with van der Waals surface area (Å²) in [5.41, 5.74) is 1.98.